The van der Waals surface area contributed by atoms with Gasteiger partial charge in [0.2, 0.25) is 0 Å². The third-order valence-corrected chi connectivity index (χ3v) is 4.95. The van der Waals surface area contributed by atoms with Crippen LogP contribution in [0.1, 0.15) is 62.3 Å². The minimum Gasteiger partial charge on any atom is -0.494 e. The molecule has 0 fully saturated rings. The van der Waals surface area contributed by atoms with E-state index >= 15 is 0 Å². The number of aromatic nitrogens is 1. The monoisotopic (exact) mass is 317 g/mol. The molecule has 0 saturated carbocycles. The molecule has 120 valence electrons. The van der Waals surface area contributed by atoms with Crippen LogP contribution in [0.4, 0.5) is 0 Å². The summed E-state index contributed by atoms with van der Waals surface area (Å²) >= 11 is 1.80. The standard InChI is InChI=1S/C19H27NOS/c1-5-6-7-8-13-21-17-11-9-16(10-12-17)18-19(14(2)3)22-15(4)20-18/h9-12,14H,5-8,13H2,1-4H3. The Kier molecular flexibility index (Phi) is 6.44. The van der Waals surface area contributed by atoms with E-state index in [0.717, 1.165) is 29.5 Å². The Labute approximate surface area is 138 Å². The number of aryl methyl sites for hydroxylation is 1. The third kappa shape index (κ3) is 4.57. The van der Waals surface area contributed by atoms with Gasteiger partial charge in [-0.2, -0.15) is 0 Å². The molecule has 2 nitrogen and oxygen atoms in total. The van der Waals surface area contributed by atoms with Crippen molar-refractivity contribution in [2.24, 2.45) is 0 Å². The van der Waals surface area contributed by atoms with Gasteiger partial charge in [0.25, 0.3) is 0 Å². The van der Waals surface area contributed by atoms with Gasteiger partial charge in [-0.25, -0.2) is 4.98 Å². The first-order chi connectivity index (χ1) is 10.6. The van der Waals surface area contributed by atoms with Gasteiger partial charge in [-0.05, 0) is 43.5 Å². The number of nitrogens with zero attached hydrogens (tertiary/aromatic N) is 1. The number of rotatable bonds is 8. The lowest BCUT2D eigenvalue weighted by Crippen LogP contribution is -1.97. The van der Waals surface area contributed by atoms with Crippen LogP contribution < -0.4 is 4.74 Å². The lowest BCUT2D eigenvalue weighted by molar-refractivity contribution is 0.305. The van der Waals surface area contributed by atoms with Crippen molar-refractivity contribution < 1.29 is 4.74 Å². The topological polar surface area (TPSA) is 22.1 Å². The molecule has 0 saturated heterocycles. The molecule has 1 aromatic carbocycles. The highest BCUT2D eigenvalue weighted by molar-refractivity contribution is 7.12. The van der Waals surface area contributed by atoms with Gasteiger partial charge in [0, 0.05) is 10.4 Å². The van der Waals surface area contributed by atoms with Crippen molar-refractivity contribution in [3.8, 4) is 17.0 Å². The zero-order valence-electron chi connectivity index (χ0n) is 14.2. The van der Waals surface area contributed by atoms with Gasteiger partial charge in [-0.15, -0.1) is 11.3 Å². The maximum atomic E-state index is 5.81. The normalized spacial score (nSPS) is 11.1. The second-order valence-corrected chi connectivity index (χ2v) is 7.27. The van der Waals surface area contributed by atoms with Gasteiger partial charge in [-0.3, -0.25) is 0 Å². The number of thiazole rings is 1. The zero-order valence-corrected chi connectivity index (χ0v) is 15.0. The van der Waals surface area contributed by atoms with Crippen molar-refractivity contribution in [3.05, 3.63) is 34.2 Å². The molecular weight excluding hydrogens is 290 g/mol. The predicted octanol–water partition coefficient (Wildman–Crippen LogP) is 6.20. The van der Waals surface area contributed by atoms with E-state index in [0.29, 0.717) is 5.92 Å². The van der Waals surface area contributed by atoms with Crippen LogP contribution in [0, 0.1) is 6.92 Å². The lowest BCUT2D eigenvalue weighted by Gasteiger charge is -2.08. The molecule has 3 heteroatoms. The molecule has 1 aromatic heterocycles. The first-order valence-electron chi connectivity index (χ1n) is 8.32. The van der Waals surface area contributed by atoms with Crippen molar-refractivity contribution in [2.45, 2.75) is 59.3 Å². The van der Waals surface area contributed by atoms with Crippen molar-refractivity contribution in [2.75, 3.05) is 6.61 Å². The summed E-state index contributed by atoms with van der Waals surface area (Å²) in [6, 6.07) is 8.38. The number of hydrogen-bond donors (Lipinski definition) is 0. The molecule has 0 amide bonds. The predicted molar refractivity (Wildman–Crippen MR) is 96.0 cm³/mol. The molecule has 1 heterocycles. The van der Waals surface area contributed by atoms with Crippen LogP contribution in [0.25, 0.3) is 11.3 Å². The molecule has 0 aliphatic rings. The Bertz CT molecular complexity index is 572. The highest BCUT2D eigenvalue weighted by atomic mass is 32.1. The number of benzene rings is 1. The van der Waals surface area contributed by atoms with Crippen molar-refractivity contribution in [3.63, 3.8) is 0 Å². The van der Waals surface area contributed by atoms with Gasteiger partial charge < -0.3 is 4.74 Å². The summed E-state index contributed by atoms with van der Waals surface area (Å²) in [7, 11) is 0. The van der Waals surface area contributed by atoms with Crippen LogP contribution in [0.15, 0.2) is 24.3 Å². The minimum absolute atomic E-state index is 0.510. The van der Waals surface area contributed by atoms with Crippen LogP contribution in [0.5, 0.6) is 5.75 Å². The van der Waals surface area contributed by atoms with Gasteiger partial charge in [0.15, 0.2) is 0 Å². The molecule has 2 aromatic rings. The second-order valence-electron chi connectivity index (χ2n) is 6.03. The molecule has 0 aliphatic carbocycles. The summed E-state index contributed by atoms with van der Waals surface area (Å²) in [6.07, 6.45) is 4.95. The largest absolute Gasteiger partial charge is 0.494 e. The van der Waals surface area contributed by atoms with Gasteiger partial charge in [-0.1, -0.05) is 40.0 Å². The van der Waals surface area contributed by atoms with Gasteiger partial charge >= 0.3 is 0 Å². The molecule has 0 atom stereocenters. The van der Waals surface area contributed by atoms with Crippen LogP contribution in [0.2, 0.25) is 0 Å². The lowest BCUT2D eigenvalue weighted by atomic mass is 10.1. The second kappa shape index (κ2) is 8.33. The van der Waals surface area contributed by atoms with Crippen molar-refractivity contribution in [1.82, 2.24) is 4.98 Å². The smallest absolute Gasteiger partial charge is 0.119 e. The fourth-order valence-electron chi connectivity index (χ4n) is 2.47. The summed E-state index contributed by atoms with van der Waals surface area (Å²) < 4.78 is 5.81. The molecule has 0 unspecified atom stereocenters. The average molecular weight is 317 g/mol. The van der Waals surface area contributed by atoms with Crippen LogP contribution in [0.3, 0.4) is 0 Å². The maximum Gasteiger partial charge on any atom is 0.119 e. The third-order valence-electron chi connectivity index (χ3n) is 3.68. The van der Waals surface area contributed by atoms with E-state index in [-0.39, 0.29) is 0 Å². The molecule has 2 rings (SSSR count). The fraction of sp³-hybridized carbons (Fsp3) is 0.526. The Morgan fingerprint density at radius 2 is 1.82 bits per heavy atom. The Morgan fingerprint density at radius 1 is 1.09 bits per heavy atom. The molecule has 0 N–H and O–H groups in total. The number of ether oxygens (including phenoxy) is 1. The molecule has 0 radical (unpaired) electrons. The summed E-state index contributed by atoms with van der Waals surface area (Å²) in [5, 5.41) is 1.13. The zero-order chi connectivity index (χ0) is 15.9. The molecule has 0 aliphatic heterocycles. The van der Waals surface area contributed by atoms with Crippen molar-refractivity contribution in [1.29, 1.82) is 0 Å². The van der Waals surface area contributed by atoms with Gasteiger partial charge in [0.05, 0.1) is 17.3 Å². The summed E-state index contributed by atoms with van der Waals surface area (Å²) in [5.41, 5.74) is 2.32. The van der Waals surface area contributed by atoms with Crippen LogP contribution in [-0.4, -0.2) is 11.6 Å². The average Bonchev–Trinajstić information content (AvgIpc) is 2.90. The Hall–Kier alpha value is -1.35. The van der Waals surface area contributed by atoms with E-state index in [2.05, 4.69) is 52.0 Å². The quantitative estimate of drug-likeness (QED) is 0.541. The van der Waals surface area contributed by atoms with Gasteiger partial charge in [0.1, 0.15) is 5.75 Å². The Morgan fingerprint density at radius 3 is 2.45 bits per heavy atom. The van der Waals surface area contributed by atoms with Crippen LogP contribution in [-0.2, 0) is 0 Å². The SMILES string of the molecule is CCCCCCOc1ccc(-c2nc(C)sc2C(C)C)cc1. The Balaban J connectivity index is 2.00. The molecular formula is C19H27NOS. The maximum absolute atomic E-state index is 5.81. The van der Waals surface area contributed by atoms with E-state index in [1.165, 1.54) is 29.7 Å². The molecule has 0 bridgehead atoms. The van der Waals surface area contributed by atoms with Crippen molar-refractivity contribution >= 4 is 11.3 Å². The van der Waals surface area contributed by atoms with E-state index in [9.17, 15) is 0 Å². The molecule has 22 heavy (non-hydrogen) atoms. The highest BCUT2D eigenvalue weighted by Gasteiger charge is 2.14. The van der Waals surface area contributed by atoms with Crippen LogP contribution >= 0.6 is 11.3 Å². The number of hydrogen-bond acceptors (Lipinski definition) is 3. The summed E-state index contributed by atoms with van der Waals surface area (Å²) in [5.74, 6) is 1.47. The minimum atomic E-state index is 0.510. The fourth-order valence-corrected chi connectivity index (χ4v) is 3.42. The summed E-state index contributed by atoms with van der Waals surface area (Å²) in [4.78, 5) is 6.07. The van der Waals surface area contributed by atoms with E-state index in [1.807, 2.05) is 0 Å². The number of unbranched alkanes of at least 4 members (excludes halogenated alkanes) is 3. The van der Waals surface area contributed by atoms with E-state index in [4.69, 9.17) is 9.72 Å². The van der Waals surface area contributed by atoms with E-state index in [1.54, 1.807) is 11.3 Å². The van der Waals surface area contributed by atoms with E-state index < -0.39 is 0 Å². The summed E-state index contributed by atoms with van der Waals surface area (Å²) in [6.45, 7) is 9.57. The first kappa shape index (κ1) is 17.0. The first-order valence-corrected chi connectivity index (χ1v) is 9.14. The highest BCUT2D eigenvalue weighted by Crippen LogP contribution is 2.34. The molecule has 0 spiro atoms.